The van der Waals surface area contributed by atoms with Crippen molar-refractivity contribution in [3.05, 3.63) is 171 Å². The van der Waals surface area contributed by atoms with Crippen molar-refractivity contribution in [1.29, 1.82) is 0 Å². The van der Waals surface area contributed by atoms with Gasteiger partial charge in [-0.2, -0.15) is 0 Å². The average molecular weight is 820 g/mol. The summed E-state index contributed by atoms with van der Waals surface area (Å²) in [5.41, 5.74) is 3.54. The maximum absolute atomic E-state index is 13.5. The molecular formula is C48H41N3O10. The number of aromatic nitrogens is 3. The minimum atomic E-state index is -1.05. The summed E-state index contributed by atoms with van der Waals surface area (Å²) in [5.74, 6) is 1.01. The molecule has 0 saturated heterocycles. The first-order valence-electron chi connectivity index (χ1n) is 19.8. The highest BCUT2D eigenvalue weighted by atomic mass is 16.5. The number of carbonyl (C=O) groups is 1. The summed E-state index contributed by atoms with van der Waals surface area (Å²) < 4.78 is 37.6. The van der Waals surface area contributed by atoms with Crippen molar-refractivity contribution in [3.63, 3.8) is 0 Å². The number of hydrogen-bond acceptors (Lipinski definition) is 11. The normalized spacial score (nSPS) is 11.2. The van der Waals surface area contributed by atoms with Crippen LogP contribution in [0.4, 0.5) is 0 Å². The monoisotopic (exact) mass is 819 g/mol. The Bertz CT molecular complexity index is 2890. The number of rotatable bonds is 19. The van der Waals surface area contributed by atoms with Crippen LogP contribution in [0.1, 0.15) is 34.5 Å². The van der Waals surface area contributed by atoms with Gasteiger partial charge in [-0.05, 0) is 85.5 Å². The molecule has 0 aliphatic carbocycles. The third-order valence-electron chi connectivity index (χ3n) is 9.83. The molecule has 13 heteroatoms. The minimum absolute atomic E-state index is 0.0251. The molecule has 0 unspecified atom stereocenters. The first-order chi connectivity index (χ1) is 29.9. The SMILES string of the molecule is O=C(O)c1cccc(COc2c(-c3ccc(OCCOCCn4cc(CCCCOc5ccc6c(=O)cc(-c7ccccc7)oc6c5)nn4)cc3)oc3ccccc3c2=O)c1. The molecule has 8 rings (SSSR count). The van der Waals surface area contributed by atoms with E-state index in [1.54, 1.807) is 83.5 Å². The zero-order valence-corrected chi connectivity index (χ0v) is 33.0. The molecule has 61 heavy (non-hydrogen) atoms. The summed E-state index contributed by atoms with van der Waals surface area (Å²) in [6.45, 7) is 2.14. The molecule has 13 nitrogen and oxygen atoms in total. The van der Waals surface area contributed by atoms with Gasteiger partial charge in [0.05, 0.1) is 48.4 Å². The molecule has 0 spiro atoms. The van der Waals surface area contributed by atoms with Crippen LogP contribution in [0.5, 0.6) is 17.2 Å². The number of aromatic carboxylic acids is 1. The van der Waals surface area contributed by atoms with E-state index < -0.39 is 5.97 Å². The van der Waals surface area contributed by atoms with E-state index >= 15 is 0 Å². The van der Waals surface area contributed by atoms with Crippen LogP contribution in [0.2, 0.25) is 0 Å². The van der Waals surface area contributed by atoms with E-state index in [0.29, 0.717) is 83.3 Å². The van der Waals surface area contributed by atoms with Crippen LogP contribution >= 0.6 is 0 Å². The number of benzene rings is 5. The van der Waals surface area contributed by atoms with Gasteiger partial charge in [0.25, 0.3) is 0 Å². The largest absolute Gasteiger partial charge is 0.493 e. The predicted molar refractivity (Wildman–Crippen MR) is 228 cm³/mol. The van der Waals surface area contributed by atoms with E-state index in [2.05, 4.69) is 10.3 Å². The molecule has 8 aromatic rings. The number of unbranched alkanes of at least 4 members (excludes halogenated alkanes) is 1. The van der Waals surface area contributed by atoms with Crippen molar-refractivity contribution in [2.75, 3.05) is 26.4 Å². The van der Waals surface area contributed by atoms with Gasteiger partial charge in [0.15, 0.2) is 11.2 Å². The molecule has 3 aromatic heterocycles. The summed E-state index contributed by atoms with van der Waals surface area (Å²) in [4.78, 5) is 37.6. The van der Waals surface area contributed by atoms with Crippen molar-refractivity contribution in [2.45, 2.75) is 32.4 Å². The van der Waals surface area contributed by atoms with Gasteiger partial charge in [0.2, 0.25) is 11.2 Å². The van der Waals surface area contributed by atoms with Crippen molar-refractivity contribution >= 4 is 27.9 Å². The van der Waals surface area contributed by atoms with Crippen LogP contribution in [0.15, 0.2) is 152 Å². The Hall–Kier alpha value is -7.51. The van der Waals surface area contributed by atoms with Crippen molar-refractivity contribution < 1.29 is 37.7 Å². The van der Waals surface area contributed by atoms with E-state index in [-0.39, 0.29) is 34.5 Å². The lowest BCUT2D eigenvalue weighted by atomic mass is 10.1. The molecule has 5 aromatic carbocycles. The number of carboxylic acid groups (broad SMARTS) is 1. The van der Waals surface area contributed by atoms with Gasteiger partial charge in [-0.3, -0.25) is 9.59 Å². The van der Waals surface area contributed by atoms with Crippen LogP contribution in [-0.4, -0.2) is 52.5 Å². The minimum Gasteiger partial charge on any atom is -0.493 e. The van der Waals surface area contributed by atoms with Gasteiger partial charge in [-0.15, -0.1) is 5.10 Å². The maximum atomic E-state index is 13.5. The number of ether oxygens (including phenoxy) is 4. The number of para-hydroxylation sites is 1. The molecule has 308 valence electrons. The maximum Gasteiger partial charge on any atom is 0.335 e. The summed E-state index contributed by atoms with van der Waals surface area (Å²) in [5, 5.41) is 18.8. The fourth-order valence-electron chi connectivity index (χ4n) is 6.71. The van der Waals surface area contributed by atoms with Crippen LogP contribution in [0.25, 0.3) is 44.6 Å². The molecule has 3 heterocycles. The van der Waals surface area contributed by atoms with Crippen LogP contribution in [0.3, 0.4) is 0 Å². The molecule has 0 amide bonds. The highest BCUT2D eigenvalue weighted by Crippen LogP contribution is 2.33. The molecule has 0 radical (unpaired) electrons. The molecule has 0 aliphatic rings. The Morgan fingerprint density at radius 2 is 1.48 bits per heavy atom. The average Bonchev–Trinajstić information content (AvgIpc) is 3.75. The lowest BCUT2D eigenvalue weighted by molar-refractivity contribution is 0.0696. The Labute approximate surface area is 349 Å². The standard InChI is InChI=1S/C48H41N3O10/c52-41-29-43(33-10-2-1-3-11-33)60-44-28-38(20-21-39(41)44)57-23-7-6-13-36-30-51(50-49-36)22-24-56-25-26-58-37-18-16-34(17-19-37)46-47(45(53)40-14-4-5-15-42(40)61-46)59-31-32-9-8-12-35(27-32)48(54)55/h1-5,8-12,14-21,27-30H,6-7,13,22-26,31H2,(H,54,55). The molecular weight excluding hydrogens is 779 g/mol. The Morgan fingerprint density at radius 3 is 2.33 bits per heavy atom. The molecule has 0 saturated carbocycles. The molecule has 0 aliphatic heterocycles. The number of fused-ring (bicyclic) bond motifs is 2. The zero-order valence-electron chi connectivity index (χ0n) is 33.0. The zero-order chi connectivity index (χ0) is 42.0. The molecule has 0 fully saturated rings. The summed E-state index contributed by atoms with van der Waals surface area (Å²) >= 11 is 0. The summed E-state index contributed by atoms with van der Waals surface area (Å²) in [6, 6.07) is 36.8. The number of nitrogens with zero attached hydrogens (tertiary/aromatic N) is 3. The van der Waals surface area contributed by atoms with E-state index in [1.807, 2.05) is 36.5 Å². The molecule has 0 atom stereocenters. The van der Waals surface area contributed by atoms with E-state index in [1.165, 1.54) is 18.2 Å². The Morgan fingerprint density at radius 1 is 0.672 bits per heavy atom. The van der Waals surface area contributed by atoms with Crippen LogP contribution < -0.4 is 25.1 Å². The van der Waals surface area contributed by atoms with E-state index in [0.717, 1.165) is 30.5 Å². The fourth-order valence-corrected chi connectivity index (χ4v) is 6.71. The predicted octanol–water partition coefficient (Wildman–Crippen LogP) is 8.60. The highest BCUT2D eigenvalue weighted by molar-refractivity contribution is 5.87. The van der Waals surface area contributed by atoms with Gasteiger partial charge < -0.3 is 32.9 Å². The second kappa shape index (κ2) is 19.0. The quantitative estimate of drug-likeness (QED) is 0.0774. The number of hydrogen-bond donors (Lipinski definition) is 1. The van der Waals surface area contributed by atoms with Gasteiger partial charge in [-0.25, -0.2) is 9.48 Å². The third kappa shape index (κ3) is 10.0. The van der Waals surface area contributed by atoms with Gasteiger partial charge in [0.1, 0.15) is 41.6 Å². The summed E-state index contributed by atoms with van der Waals surface area (Å²) in [7, 11) is 0. The van der Waals surface area contributed by atoms with Gasteiger partial charge in [0, 0.05) is 29.5 Å². The Kier molecular flexibility index (Phi) is 12.6. The number of aryl methyl sites for hydroxylation is 1. The van der Waals surface area contributed by atoms with Crippen LogP contribution in [-0.2, 0) is 24.3 Å². The fraction of sp³-hybridized carbons (Fsp3) is 0.188. The summed E-state index contributed by atoms with van der Waals surface area (Å²) in [6.07, 6.45) is 4.36. The molecule has 1 N–H and O–H groups in total. The van der Waals surface area contributed by atoms with E-state index in [4.69, 9.17) is 27.8 Å². The van der Waals surface area contributed by atoms with E-state index in [9.17, 15) is 19.5 Å². The van der Waals surface area contributed by atoms with Crippen molar-refractivity contribution in [2.24, 2.45) is 0 Å². The second-order valence-electron chi connectivity index (χ2n) is 14.1. The lowest BCUT2D eigenvalue weighted by Crippen LogP contribution is -2.12. The molecule has 0 bridgehead atoms. The second-order valence-corrected chi connectivity index (χ2v) is 14.1. The van der Waals surface area contributed by atoms with Crippen molar-refractivity contribution in [3.8, 4) is 39.9 Å². The first-order valence-corrected chi connectivity index (χ1v) is 19.8. The van der Waals surface area contributed by atoms with Crippen molar-refractivity contribution in [1.82, 2.24) is 15.0 Å². The third-order valence-corrected chi connectivity index (χ3v) is 9.83. The smallest absolute Gasteiger partial charge is 0.335 e. The number of carboxylic acids is 1. The topological polar surface area (TPSA) is 165 Å². The first kappa shape index (κ1) is 40.3. The van der Waals surface area contributed by atoms with Gasteiger partial charge >= 0.3 is 5.97 Å². The highest BCUT2D eigenvalue weighted by Gasteiger charge is 2.19. The van der Waals surface area contributed by atoms with Gasteiger partial charge in [-0.1, -0.05) is 59.8 Å². The Balaban J connectivity index is 0.761. The van der Waals surface area contributed by atoms with Crippen LogP contribution in [0, 0.1) is 0 Å². The lowest BCUT2D eigenvalue weighted by Gasteiger charge is -2.13.